The lowest BCUT2D eigenvalue weighted by molar-refractivity contribution is -0.144. The Morgan fingerprint density at radius 3 is 2.94 bits per heavy atom. The van der Waals surface area contributed by atoms with E-state index in [2.05, 4.69) is 5.32 Å². The third-order valence-electron chi connectivity index (χ3n) is 2.75. The van der Waals surface area contributed by atoms with E-state index in [0.29, 0.717) is 13.0 Å². The smallest absolute Gasteiger partial charge is 0.328 e. The summed E-state index contributed by atoms with van der Waals surface area (Å²) in [5.41, 5.74) is 8.01. The van der Waals surface area contributed by atoms with Crippen LogP contribution in [0.5, 0.6) is 0 Å². The second-order valence-electron chi connectivity index (χ2n) is 3.88. The molecule has 4 nitrogen and oxygen atoms in total. The van der Waals surface area contributed by atoms with Gasteiger partial charge in [-0.25, -0.2) is 4.79 Å². The van der Waals surface area contributed by atoms with Crippen LogP contribution in [0.1, 0.15) is 24.9 Å². The van der Waals surface area contributed by atoms with E-state index in [4.69, 9.17) is 10.5 Å². The highest BCUT2D eigenvalue weighted by molar-refractivity contribution is 5.85. The lowest BCUT2D eigenvalue weighted by atomic mass is 9.94. The van der Waals surface area contributed by atoms with Gasteiger partial charge < -0.3 is 15.8 Å². The van der Waals surface area contributed by atoms with Crippen molar-refractivity contribution in [2.75, 3.05) is 11.9 Å². The van der Waals surface area contributed by atoms with Crippen LogP contribution < -0.4 is 11.1 Å². The van der Waals surface area contributed by atoms with Crippen molar-refractivity contribution in [1.82, 2.24) is 0 Å². The summed E-state index contributed by atoms with van der Waals surface area (Å²) in [7, 11) is 0. The summed E-state index contributed by atoms with van der Waals surface area (Å²) in [6, 6.07) is 7.35. The third kappa shape index (κ3) is 2.90. The maximum atomic E-state index is 11.6. The Balaban J connectivity index is 0.00000144. The second kappa shape index (κ2) is 5.89. The van der Waals surface area contributed by atoms with Gasteiger partial charge in [-0.15, -0.1) is 12.4 Å². The number of carbonyl (C=O) groups is 1. The highest BCUT2D eigenvalue weighted by atomic mass is 35.5. The van der Waals surface area contributed by atoms with Crippen LogP contribution in [0, 0.1) is 0 Å². The molecular weight excluding hydrogens is 240 g/mol. The van der Waals surface area contributed by atoms with Crippen molar-refractivity contribution < 1.29 is 9.53 Å². The van der Waals surface area contributed by atoms with Gasteiger partial charge in [-0.3, -0.25) is 0 Å². The number of rotatable bonds is 2. The molecule has 0 spiro atoms. The quantitative estimate of drug-likeness (QED) is 0.793. The standard InChI is InChI=1S/C12H16N2O2.ClH/c1-2-16-12(15)11-7-9(13)8-5-3-4-6-10(8)14-11;/h3-6,9,11,14H,2,7,13H2,1H3;1H/t9-,11-;/m0./s1. The summed E-state index contributed by atoms with van der Waals surface area (Å²) < 4.78 is 4.99. The molecule has 0 fully saturated rings. The number of anilines is 1. The molecule has 0 bridgehead atoms. The summed E-state index contributed by atoms with van der Waals surface area (Å²) in [4.78, 5) is 11.6. The number of nitrogens with two attached hydrogens (primary N) is 1. The van der Waals surface area contributed by atoms with Crippen LogP contribution in [0.15, 0.2) is 24.3 Å². The van der Waals surface area contributed by atoms with Crippen molar-refractivity contribution in [2.24, 2.45) is 5.73 Å². The zero-order chi connectivity index (χ0) is 11.5. The molecule has 2 rings (SSSR count). The number of carbonyl (C=O) groups excluding carboxylic acids is 1. The summed E-state index contributed by atoms with van der Waals surface area (Å²) in [6.45, 7) is 2.20. The molecule has 17 heavy (non-hydrogen) atoms. The first kappa shape index (κ1) is 13.8. The molecule has 1 aromatic carbocycles. The van der Waals surface area contributed by atoms with E-state index in [9.17, 15) is 4.79 Å². The van der Waals surface area contributed by atoms with Crippen LogP contribution in [-0.2, 0) is 9.53 Å². The highest BCUT2D eigenvalue weighted by Gasteiger charge is 2.29. The Hall–Kier alpha value is -1.26. The number of nitrogens with one attached hydrogen (secondary N) is 1. The average molecular weight is 257 g/mol. The largest absolute Gasteiger partial charge is 0.464 e. The van der Waals surface area contributed by atoms with Gasteiger partial charge in [0, 0.05) is 11.7 Å². The van der Waals surface area contributed by atoms with Gasteiger partial charge in [0.05, 0.1) is 6.61 Å². The van der Waals surface area contributed by atoms with Gasteiger partial charge in [-0.2, -0.15) is 0 Å². The van der Waals surface area contributed by atoms with Gasteiger partial charge in [0.15, 0.2) is 0 Å². The minimum absolute atomic E-state index is 0. The lowest BCUT2D eigenvalue weighted by Gasteiger charge is -2.29. The van der Waals surface area contributed by atoms with Crippen LogP contribution in [0.4, 0.5) is 5.69 Å². The number of esters is 1. The van der Waals surface area contributed by atoms with Crippen molar-refractivity contribution in [3.63, 3.8) is 0 Å². The fourth-order valence-corrected chi connectivity index (χ4v) is 1.98. The molecule has 94 valence electrons. The molecule has 0 saturated carbocycles. The Labute approximate surface area is 107 Å². The van der Waals surface area contributed by atoms with Crippen LogP contribution >= 0.6 is 12.4 Å². The van der Waals surface area contributed by atoms with Crippen LogP contribution in [0.2, 0.25) is 0 Å². The average Bonchev–Trinajstić information content (AvgIpc) is 2.29. The van der Waals surface area contributed by atoms with Gasteiger partial charge in [0.2, 0.25) is 0 Å². The number of fused-ring (bicyclic) bond motifs is 1. The monoisotopic (exact) mass is 256 g/mol. The zero-order valence-electron chi connectivity index (χ0n) is 9.68. The van der Waals surface area contributed by atoms with E-state index in [-0.39, 0.29) is 30.5 Å². The molecule has 0 aliphatic carbocycles. The topological polar surface area (TPSA) is 64.3 Å². The number of benzene rings is 1. The van der Waals surface area contributed by atoms with Crippen LogP contribution in [-0.4, -0.2) is 18.6 Å². The highest BCUT2D eigenvalue weighted by Crippen LogP contribution is 2.30. The minimum atomic E-state index is -0.329. The van der Waals surface area contributed by atoms with Crippen molar-refractivity contribution in [1.29, 1.82) is 0 Å². The van der Waals surface area contributed by atoms with Gasteiger partial charge >= 0.3 is 5.97 Å². The molecule has 0 amide bonds. The van der Waals surface area contributed by atoms with Crippen LogP contribution in [0.25, 0.3) is 0 Å². The molecule has 1 heterocycles. The van der Waals surface area contributed by atoms with Gasteiger partial charge in [0.25, 0.3) is 0 Å². The lowest BCUT2D eigenvalue weighted by Crippen LogP contribution is -2.38. The predicted octanol–water partition coefficient (Wildman–Crippen LogP) is 1.86. The van der Waals surface area contributed by atoms with Crippen molar-refractivity contribution in [3.8, 4) is 0 Å². The van der Waals surface area contributed by atoms with E-state index in [1.807, 2.05) is 24.3 Å². The fraction of sp³-hybridized carbons (Fsp3) is 0.417. The van der Waals surface area contributed by atoms with E-state index in [0.717, 1.165) is 11.3 Å². The SMILES string of the molecule is CCOC(=O)[C@@H]1C[C@H](N)c2ccccc2N1.Cl. The first-order chi connectivity index (χ1) is 7.72. The molecule has 0 aromatic heterocycles. The summed E-state index contributed by atoms with van der Waals surface area (Å²) in [5.74, 6) is -0.229. The number of ether oxygens (including phenoxy) is 1. The second-order valence-corrected chi connectivity index (χ2v) is 3.88. The van der Waals surface area contributed by atoms with Crippen LogP contribution in [0.3, 0.4) is 0 Å². The Morgan fingerprint density at radius 1 is 1.53 bits per heavy atom. The minimum Gasteiger partial charge on any atom is -0.464 e. The van der Waals surface area contributed by atoms with E-state index < -0.39 is 0 Å². The predicted molar refractivity (Wildman–Crippen MR) is 69.3 cm³/mol. The Kier molecular flexibility index (Phi) is 4.78. The molecule has 3 N–H and O–H groups in total. The van der Waals surface area contributed by atoms with Crippen molar-refractivity contribution in [3.05, 3.63) is 29.8 Å². The maximum Gasteiger partial charge on any atom is 0.328 e. The molecule has 1 aromatic rings. The van der Waals surface area contributed by atoms with Gasteiger partial charge in [-0.05, 0) is 25.0 Å². The number of halogens is 1. The van der Waals surface area contributed by atoms with Crippen molar-refractivity contribution in [2.45, 2.75) is 25.4 Å². The van der Waals surface area contributed by atoms with Gasteiger partial charge in [0.1, 0.15) is 6.04 Å². The molecule has 5 heteroatoms. The summed E-state index contributed by atoms with van der Waals surface area (Å²) >= 11 is 0. The number of hydrogen-bond donors (Lipinski definition) is 2. The molecular formula is C12H17ClN2O2. The Bertz CT molecular complexity index is 398. The fourth-order valence-electron chi connectivity index (χ4n) is 1.98. The molecule has 0 unspecified atom stereocenters. The van der Waals surface area contributed by atoms with E-state index >= 15 is 0 Å². The number of hydrogen-bond acceptors (Lipinski definition) is 4. The molecule has 0 radical (unpaired) electrons. The summed E-state index contributed by atoms with van der Waals surface area (Å²) in [5, 5.41) is 3.16. The molecule has 1 aliphatic rings. The van der Waals surface area contributed by atoms with E-state index in [1.165, 1.54) is 0 Å². The molecule has 2 atom stereocenters. The molecule has 0 saturated heterocycles. The summed E-state index contributed by atoms with van der Waals surface area (Å²) in [6.07, 6.45) is 0.579. The van der Waals surface area contributed by atoms with Crippen molar-refractivity contribution >= 4 is 24.1 Å². The first-order valence-corrected chi connectivity index (χ1v) is 5.50. The first-order valence-electron chi connectivity index (χ1n) is 5.50. The Morgan fingerprint density at radius 2 is 2.24 bits per heavy atom. The normalized spacial score (nSPS) is 21.8. The zero-order valence-corrected chi connectivity index (χ0v) is 10.5. The third-order valence-corrected chi connectivity index (χ3v) is 2.75. The van der Waals surface area contributed by atoms with E-state index in [1.54, 1.807) is 6.92 Å². The number of para-hydroxylation sites is 1. The van der Waals surface area contributed by atoms with Gasteiger partial charge in [-0.1, -0.05) is 18.2 Å². The molecule has 1 aliphatic heterocycles. The maximum absolute atomic E-state index is 11.6.